The fraction of sp³-hybridized carbons (Fsp3) is 0.303. The van der Waals surface area contributed by atoms with Crippen molar-refractivity contribution in [2.75, 3.05) is 33.4 Å². The first-order valence-corrected chi connectivity index (χ1v) is 13.3. The standard InChI is InChI=1S/C33H34N2O2/c1-36-33-31-7-3-2-6-28(31)14-17-32(33)29-18-21-35(22-19-29)20-4-5-23-37-30-15-12-27(13-16-30)26-10-8-25(24-34)9-11-26/h2-3,6-17,29H,4-5,18-23H2,1H3. The topological polar surface area (TPSA) is 45.5 Å². The first kappa shape index (κ1) is 24.9. The molecule has 0 unspecified atom stereocenters. The summed E-state index contributed by atoms with van der Waals surface area (Å²) in [5, 5.41) is 11.4. The molecule has 0 saturated carbocycles. The zero-order valence-electron chi connectivity index (χ0n) is 21.5. The molecule has 4 nitrogen and oxygen atoms in total. The highest BCUT2D eigenvalue weighted by molar-refractivity contribution is 5.89. The lowest BCUT2D eigenvalue weighted by Gasteiger charge is -2.33. The number of benzene rings is 4. The quantitative estimate of drug-likeness (QED) is 0.229. The van der Waals surface area contributed by atoms with Gasteiger partial charge >= 0.3 is 0 Å². The number of fused-ring (bicyclic) bond motifs is 1. The third-order valence-electron chi connectivity index (χ3n) is 7.48. The smallest absolute Gasteiger partial charge is 0.130 e. The summed E-state index contributed by atoms with van der Waals surface area (Å²) in [6.07, 6.45) is 4.55. The van der Waals surface area contributed by atoms with Gasteiger partial charge in [0.15, 0.2) is 0 Å². The molecule has 0 aromatic heterocycles. The van der Waals surface area contributed by atoms with Crippen LogP contribution in [0.1, 0.15) is 42.7 Å². The van der Waals surface area contributed by atoms with Crippen LogP contribution in [-0.4, -0.2) is 38.3 Å². The van der Waals surface area contributed by atoms with Crippen molar-refractivity contribution in [3.05, 3.63) is 96.1 Å². The molecule has 1 aliphatic rings. The second-order valence-corrected chi connectivity index (χ2v) is 9.79. The van der Waals surface area contributed by atoms with Gasteiger partial charge in [-0.15, -0.1) is 0 Å². The Morgan fingerprint density at radius 1 is 0.838 bits per heavy atom. The van der Waals surface area contributed by atoms with E-state index in [2.05, 4.69) is 59.5 Å². The molecule has 0 radical (unpaired) electrons. The maximum Gasteiger partial charge on any atom is 0.130 e. The van der Waals surface area contributed by atoms with E-state index >= 15 is 0 Å². The largest absolute Gasteiger partial charge is 0.496 e. The molecule has 4 heteroatoms. The first-order valence-electron chi connectivity index (χ1n) is 13.3. The molecule has 1 fully saturated rings. The summed E-state index contributed by atoms with van der Waals surface area (Å²) in [5.41, 5.74) is 4.27. The Morgan fingerprint density at radius 2 is 1.54 bits per heavy atom. The normalized spacial score (nSPS) is 14.4. The highest BCUT2D eigenvalue weighted by atomic mass is 16.5. The Labute approximate surface area is 220 Å². The molecule has 0 aliphatic carbocycles. The minimum Gasteiger partial charge on any atom is -0.496 e. The average molecular weight is 491 g/mol. The number of nitriles is 1. The highest BCUT2D eigenvalue weighted by Crippen LogP contribution is 2.38. The van der Waals surface area contributed by atoms with Crippen LogP contribution in [0.15, 0.2) is 84.9 Å². The molecule has 0 N–H and O–H groups in total. The lowest BCUT2D eigenvalue weighted by atomic mass is 9.87. The number of hydrogen-bond donors (Lipinski definition) is 0. The summed E-state index contributed by atoms with van der Waals surface area (Å²) in [7, 11) is 1.80. The number of hydrogen-bond acceptors (Lipinski definition) is 4. The van der Waals surface area contributed by atoms with E-state index in [1.54, 1.807) is 7.11 Å². The number of methoxy groups -OCH3 is 1. The Hall–Kier alpha value is -3.81. The predicted molar refractivity (Wildman–Crippen MR) is 150 cm³/mol. The molecule has 1 heterocycles. The van der Waals surface area contributed by atoms with Crippen LogP contribution in [0.2, 0.25) is 0 Å². The van der Waals surface area contributed by atoms with E-state index in [1.807, 2.05) is 36.4 Å². The molecule has 4 aromatic carbocycles. The van der Waals surface area contributed by atoms with Gasteiger partial charge in [-0.05, 0) is 97.6 Å². The van der Waals surface area contributed by atoms with Gasteiger partial charge in [0.2, 0.25) is 0 Å². The van der Waals surface area contributed by atoms with E-state index in [9.17, 15) is 0 Å². The van der Waals surface area contributed by atoms with Gasteiger partial charge in [-0.25, -0.2) is 0 Å². The van der Waals surface area contributed by atoms with E-state index in [0.29, 0.717) is 11.5 Å². The minimum atomic E-state index is 0.561. The molecule has 5 rings (SSSR count). The van der Waals surface area contributed by atoms with Gasteiger partial charge in [0, 0.05) is 5.39 Å². The third kappa shape index (κ3) is 5.96. The van der Waals surface area contributed by atoms with Crippen LogP contribution >= 0.6 is 0 Å². The fourth-order valence-electron chi connectivity index (χ4n) is 5.39. The van der Waals surface area contributed by atoms with E-state index in [-0.39, 0.29) is 0 Å². The van der Waals surface area contributed by atoms with Crippen LogP contribution in [0.5, 0.6) is 11.5 Å². The van der Waals surface area contributed by atoms with Gasteiger partial charge in [0.25, 0.3) is 0 Å². The molecule has 0 bridgehead atoms. The van der Waals surface area contributed by atoms with Crippen molar-refractivity contribution in [1.82, 2.24) is 4.90 Å². The van der Waals surface area contributed by atoms with Crippen molar-refractivity contribution in [3.63, 3.8) is 0 Å². The molecule has 37 heavy (non-hydrogen) atoms. The second kappa shape index (κ2) is 12.0. The molecule has 1 aliphatic heterocycles. The van der Waals surface area contributed by atoms with Gasteiger partial charge in [0.1, 0.15) is 11.5 Å². The highest BCUT2D eigenvalue weighted by Gasteiger charge is 2.23. The van der Waals surface area contributed by atoms with Crippen LogP contribution in [0.3, 0.4) is 0 Å². The number of ether oxygens (including phenoxy) is 2. The maximum absolute atomic E-state index is 8.96. The second-order valence-electron chi connectivity index (χ2n) is 9.79. The Morgan fingerprint density at radius 3 is 2.24 bits per heavy atom. The summed E-state index contributed by atoms with van der Waals surface area (Å²) in [6.45, 7) is 4.14. The van der Waals surface area contributed by atoms with Crippen LogP contribution in [0.4, 0.5) is 0 Å². The first-order chi connectivity index (χ1) is 18.2. The van der Waals surface area contributed by atoms with Gasteiger partial charge in [-0.3, -0.25) is 0 Å². The Balaban J connectivity index is 1.04. The van der Waals surface area contributed by atoms with E-state index in [0.717, 1.165) is 61.7 Å². The molecule has 0 spiro atoms. The molecular weight excluding hydrogens is 456 g/mol. The van der Waals surface area contributed by atoms with Gasteiger partial charge in [0.05, 0.1) is 25.3 Å². The molecule has 0 amide bonds. The van der Waals surface area contributed by atoms with Crippen molar-refractivity contribution in [1.29, 1.82) is 5.26 Å². The van der Waals surface area contributed by atoms with Crippen LogP contribution in [-0.2, 0) is 0 Å². The van der Waals surface area contributed by atoms with Gasteiger partial charge in [-0.2, -0.15) is 5.26 Å². The zero-order valence-corrected chi connectivity index (χ0v) is 21.5. The van der Waals surface area contributed by atoms with Crippen molar-refractivity contribution in [3.8, 4) is 28.7 Å². The summed E-state index contributed by atoms with van der Waals surface area (Å²) < 4.78 is 11.8. The van der Waals surface area contributed by atoms with E-state index in [4.69, 9.17) is 14.7 Å². The average Bonchev–Trinajstić information content (AvgIpc) is 2.97. The number of unbranched alkanes of at least 4 members (excludes halogenated alkanes) is 1. The number of likely N-dealkylation sites (tertiary alicyclic amines) is 1. The van der Waals surface area contributed by atoms with Crippen molar-refractivity contribution < 1.29 is 9.47 Å². The minimum absolute atomic E-state index is 0.561. The van der Waals surface area contributed by atoms with Crippen LogP contribution in [0, 0.1) is 11.3 Å². The summed E-state index contributed by atoms with van der Waals surface area (Å²) in [6, 6.07) is 31.0. The molecule has 1 saturated heterocycles. The monoisotopic (exact) mass is 490 g/mol. The zero-order chi connectivity index (χ0) is 25.5. The third-order valence-corrected chi connectivity index (χ3v) is 7.48. The SMILES string of the molecule is COc1c(C2CCN(CCCCOc3ccc(-c4ccc(C#N)cc4)cc3)CC2)ccc2ccccc12. The molecule has 188 valence electrons. The Bertz CT molecular complexity index is 1350. The molecular formula is C33H34N2O2. The molecule has 0 atom stereocenters. The predicted octanol–water partition coefficient (Wildman–Crippen LogP) is 7.43. The van der Waals surface area contributed by atoms with Crippen molar-refractivity contribution in [2.45, 2.75) is 31.6 Å². The number of rotatable bonds is 9. The van der Waals surface area contributed by atoms with Gasteiger partial charge < -0.3 is 14.4 Å². The molecule has 4 aromatic rings. The summed E-state index contributed by atoms with van der Waals surface area (Å²) >= 11 is 0. The van der Waals surface area contributed by atoms with Gasteiger partial charge in [-0.1, -0.05) is 60.7 Å². The Kier molecular flexibility index (Phi) is 8.03. The van der Waals surface area contributed by atoms with Crippen LogP contribution in [0.25, 0.3) is 21.9 Å². The maximum atomic E-state index is 8.96. The van der Waals surface area contributed by atoms with E-state index in [1.165, 1.54) is 29.2 Å². The lowest BCUT2D eigenvalue weighted by molar-refractivity contribution is 0.201. The lowest BCUT2D eigenvalue weighted by Crippen LogP contribution is -2.33. The van der Waals surface area contributed by atoms with Crippen molar-refractivity contribution >= 4 is 10.8 Å². The fourth-order valence-corrected chi connectivity index (χ4v) is 5.39. The number of nitrogens with zero attached hydrogens (tertiary/aromatic N) is 2. The van der Waals surface area contributed by atoms with E-state index < -0.39 is 0 Å². The number of piperidine rings is 1. The summed E-state index contributed by atoms with van der Waals surface area (Å²) in [5.74, 6) is 2.52. The van der Waals surface area contributed by atoms with Crippen molar-refractivity contribution in [2.24, 2.45) is 0 Å². The van der Waals surface area contributed by atoms with Crippen LogP contribution < -0.4 is 9.47 Å². The summed E-state index contributed by atoms with van der Waals surface area (Å²) in [4.78, 5) is 2.59.